The molecule has 0 spiro atoms. The minimum Gasteiger partial charge on any atom is -0.444 e. The van der Waals surface area contributed by atoms with Crippen LogP contribution in [-0.2, 0) is 4.74 Å². The molecule has 1 rings (SSSR count). The number of hydrogen-bond acceptors (Lipinski definition) is 3. The van der Waals surface area contributed by atoms with Crippen molar-refractivity contribution in [3.05, 3.63) is 10.8 Å². The van der Waals surface area contributed by atoms with Crippen LogP contribution in [0.2, 0.25) is 0 Å². The Labute approximate surface area is 110 Å². The minimum atomic E-state index is -0.509. The molecule has 1 N–H and O–H groups in total. The molecule has 0 aromatic carbocycles. The third-order valence-corrected chi connectivity index (χ3v) is 2.44. The van der Waals surface area contributed by atoms with Gasteiger partial charge in [-0.1, -0.05) is 0 Å². The van der Waals surface area contributed by atoms with Crippen molar-refractivity contribution in [1.29, 1.82) is 0 Å². The zero-order valence-corrected chi connectivity index (χ0v) is 12.3. The molecule has 0 bridgehead atoms. The number of halogens is 1. The summed E-state index contributed by atoms with van der Waals surface area (Å²) < 4.78 is 7.51. The van der Waals surface area contributed by atoms with E-state index in [2.05, 4.69) is 26.3 Å². The van der Waals surface area contributed by atoms with Crippen molar-refractivity contribution in [2.45, 2.75) is 46.3 Å². The molecular weight excluding hydrogens is 286 g/mol. The van der Waals surface area contributed by atoms with Crippen LogP contribution in [0.4, 0.5) is 10.5 Å². The number of ether oxygens (including phenoxy) is 1. The molecule has 0 unspecified atom stereocenters. The van der Waals surface area contributed by atoms with E-state index in [1.807, 2.05) is 34.6 Å². The number of aromatic nitrogens is 2. The summed E-state index contributed by atoms with van der Waals surface area (Å²) in [6, 6.07) is 0.237. The zero-order chi connectivity index (χ0) is 13.2. The average Bonchev–Trinajstić information content (AvgIpc) is 2.44. The molecule has 96 valence electrons. The summed E-state index contributed by atoms with van der Waals surface area (Å²) in [6.07, 6.45) is 1.28. The molecule has 0 saturated carbocycles. The lowest BCUT2D eigenvalue weighted by molar-refractivity contribution is 0.0636. The molecule has 0 aliphatic rings. The zero-order valence-electron chi connectivity index (χ0n) is 10.7. The lowest BCUT2D eigenvalue weighted by atomic mass is 10.2. The highest BCUT2D eigenvalue weighted by atomic mass is 79.9. The largest absolute Gasteiger partial charge is 0.444 e. The van der Waals surface area contributed by atoms with E-state index in [0.717, 1.165) is 0 Å². The summed E-state index contributed by atoms with van der Waals surface area (Å²) in [5.74, 6) is 0. The van der Waals surface area contributed by atoms with E-state index in [4.69, 9.17) is 4.74 Å². The number of carbonyl (C=O) groups is 1. The van der Waals surface area contributed by atoms with E-state index < -0.39 is 11.7 Å². The Kier molecular flexibility index (Phi) is 4.19. The van der Waals surface area contributed by atoms with E-state index in [9.17, 15) is 4.79 Å². The minimum absolute atomic E-state index is 0.237. The Bertz CT molecular complexity index is 407. The smallest absolute Gasteiger partial charge is 0.412 e. The highest BCUT2D eigenvalue weighted by Gasteiger charge is 2.18. The number of amides is 1. The van der Waals surface area contributed by atoms with Crippen molar-refractivity contribution in [1.82, 2.24) is 9.78 Å². The number of nitrogens with one attached hydrogen (secondary N) is 1. The van der Waals surface area contributed by atoms with Gasteiger partial charge in [0.2, 0.25) is 0 Å². The molecule has 6 heteroatoms. The number of rotatable bonds is 2. The molecule has 0 aliphatic heterocycles. The Hall–Kier alpha value is -1.04. The first kappa shape index (κ1) is 14.0. The molecule has 1 aromatic heterocycles. The van der Waals surface area contributed by atoms with Crippen LogP contribution in [0.3, 0.4) is 0 Å². The molecule has 0 radical (unpaired) electrons. The molecule has 0 atom stereocenters. The molecule has 1 amide bonds. The van der Waals surface area contributed by atoms with Crippen LogP contribution in [0.5, 0.6) is 0 Å². The maximum absolute atomic E-state index is 11.6. The fourth-order valence-electron chi connectivity index (χ4n) is 1.13. The third-order valence-electron chi connectivity index (χ3n) is 1.85. The van der Waals surface area contributed by atoms with Crippen LogP contribution < -0.4 is 5.32 Å². The van der Waals surface area contributed by atoms with Gasteiger partial charge in [-0.25, -0.2) is 4.79 Å². The van der Waals surface area contributed by atoms with Crippen LogP contribution in [0.1, 0.15) is 40.7 Å². The van der Waals surface area contributed by atoms with Crippen LogP contribution >= 0.6 is 15.9 Å². The van der Waals surface area contributed by atoms with Crippen molar-refractivity contribution in [3.63, 3.8) is 0 Å². The fraction of sp³-hybridized carbons (Fsp3) is 0.636. The van der Waals surface area contributed by atoms with Gasteiger partial charge in [0.05, 0.1) is 11.9 Å². The van der Waals surface area contributed by atoms with Gasteiger partial charge in [-0.2, -0.15) is 5.10 Å². The fourth-order valence-corrected chi connectivity index (χ4v) is 1.52. The Balaban J connectivity index is 2.72. The van der Waals surface area contributed by atoms with Gasteiger partial charge < -0.3 is 4.74 Å². The summed E-state index contributed by atoms with van der Waals surface area (Å²) >= 11 is 3.29. The SMILES string of the molecule is CC(C)n1cc(NC(=O)OC(C)(C)C)c(Br)n1. The molecular formula is C11H18BrN3O2. The van der Waals surface area contributed by atoms with Crippen molar-refractivity contribution in [2.75, 3.05) is 5.32 Å². The maximum atomic E-state index is 11.6. The lowest BCUT2D eigenvalue weighted by Crippen LogP contribution is -2.27. The van der Waals surface area contributed by atoms with Gasteiger partial charge in [0.25, 0.3) is 0 Å². The summed E-state index contributed by atoms with van der Waals surface area (Å²) in [5, 5.41) is 6.87. The van der Waals surface area contributed by atoms with Crippen LogP contribution in [-0.4, -0.2) is 21.5 Å². The lowest BCUT2D eigenvalue weighted by Gasteiger charge is -2.19. The predicted octanol–water partition coefficient (Wildman–Crippen LogP) is 3.57. The van der Waals surface area contributed by atoms with E-state index >= 15 is 0 Å². The van der Waals surface area contributed by atoms with Crippen molar-refractivity contribution >= 4 is 27.7 Å². The summed E-state index contributed by atoms with van der Waals surface area (Å²) in [5.41, 5.74) is 0.0953. The molecule has 0 aliphatic carbocycles. The van der Waals surface area contributed by atoms with Gasteiger partial charge >= 0.3 is 6.09 Å². The van der Waals surface area contributed by atoms with Crippen LogP contribution in [0, 0.1) is 0 Å². The first-order valence-electron chi connectivity index (χ1n) is 5.43. The monoisotopic (exact) mass is 303 g/mol. The molecule has 0 saturated heterocycles. The van der Waals surface area contributed by atoms with Gasteiger partial charge in [0.1, 0.15) is 5.60 Å². The number of carbonyl (C=O) groups excluding carboxylic acids is 1. The van der Waals surface area contributed by atoms with E-state index in [1.54, 1.807) is 10.9 Å². The number of anilines is 1. The Morgan fingerprint density at radius 2 is 2.12 bits per heavy atom. The quantitative estimate of drug-likeness (QED) is 0.908. The van der Waals surface area contributed by atoms with Gasteiger partial charge in [-0.05, 0) is 50.5 Å². The average molecular weight is 304 g/mol. The molecule has 1 aromatic rings. The third kappa shape index (κ3) is 4.38. The van der Waals surface area contributed by atoms with Crippen molar-refractivity contribution < 1.29 is 9.53 Å². The summed E-state index contributed by atoms with van der Waals surface area (Å²) in [4.78, 5) is 11.6. The molecule has 0 fully saturated rings. The van der Waals surface area contributed by atoms with E-state index in [0.29, 0.717) is 10.3 Å². The van der Waals surface area contributed by atoms with E-state index in [-0.39, 0.29) is 6.04 Å². The second-order valence-corrected chi connectivity index (χ2v) is 5.79. The second-order valence-electron chi connectivity index (χ2n) is 5.03. The molecule has 5 nitrogen and oxygen atoms in total. The first-order valence-corrected chi connectivity index (χ1v) is 6.23. The highest BCUT2D eigenvalue weighted by molar-refractivity contribution is 9.10. The van der Waals surface area contributed by atoms with Gasteiger partial charge in [0, 0.05) is 6.04 Å². The Morgan fingerprint density at radius 3 is 2.53 bits per heavy atom. The van der Waals surface area contributed by atoms with Crippen LogP contribution in [0.15, 0.2) is 10.8 Å². The van der Waals surface area contributed by atoms with Crippen molar-refractivity contribution in [2.24, 2.45) is 0 Å². The predicted molar refractivity (Wildman–Crippen MR) is 70.2 cm³/mol. The second kappa shape index (κ2) is 5.08. The first-order chi connectivity index (χ1) is 7.69. The standard InChI is InChI=1S/C11H18BrN3O2/c1-7(2)15-6-8(9(12)14-15)13-10(16)17-11(3,4)5/h6-7H,1-5H3,(H,13,16). The molecule has 17 heavy (non-hydrogen) atoms. The Morgan fingerprint density at radius 1 is 1.53 bits per heavy atom. The van der Waals surface area contributed by atoms with E-state index in [1.165, 1.54) is 0 Å². The summed E-state index contributed by atoms with van der Waals surface area (Å²) in [7, 11) is 0. The maximum Gasteiger partial charge on any atom is 0.412 e. The van der Waals surface area contributed by atoms with Gasteiger partial charge in [0.15, 0.2) is 4.60 Å². The topological polar surface area (TPSA) is 56.2 Å². The summed E-state index contributed by atoms with van der Waals surface area (Å²) in [6.45, 7) is 9.48. The molecule has 1 heterocycles. The van der Waals surface area contributed by atoms with Crippen LogP contribution in [0.25, 0.3) is 0 Å². The van der Waals surface area contributed by atoms with Gasteiger partial charge in [-0.15, -0.1) is 0 Å². The highest BCUT2D eigenvalue weighted by Crippen LogP contribution is 2.22. The van der Waals surface area contributed by atoms with Crippen molar-refractivity contribution in [3.8, 4) is 0 Å². The number of nitrogens with zero attached hydrogens (tertiary/aromatic N) is 2. The number of hydrogen-bond donors (Lipinski definition) is 1. The van der Waals surface area contributed by atoms with Gasteiger partial charge in [-0.3, -0.25) is 10.00 Å². The normalized spacial score (nSPS) is 11.7.